The lowest BCUT2D eigenvalue weighted by Gasteiger charge is -2.12. The molecule has 0 saturated carbocycles. The topological polar surface area (TPSA) is 76.1 Å². The lowest BCUT2D eigenvalue weighted by Crippen LogP contribution is -2.27. The second-order valence-corrected chi connectivity index (χ2v) is 2.12. The van der Waals surface area contributed by atoms with Crippen molar-refractivity contribution in [2.24, 2.45) is 0 Å². The lowest BCUT2D eigenvalue weighted by molar-refractivity contribution is -0.181. The predicted octanol–water partition coefficient (Wildman–Crippen LogP) is -0.0904. The van der Waals surface area contributed by atoms with Crippen LogP contribution in [0.2, 0.25) is 0 Å². The molecular formula is C8H15NO5. The number of amides is 1. The molecule has 0 spiro atoms. The van der Waals surface area contributed by atoms with E-state index in [0.29, 0.717) is 0 Å². The van der Waals surface area contributed by atoms with E-state index in [1.54, 1.807) is 14.2 Å². The van der Waals surface area contributed by atoms with Gasteiger partial charge < -0.3 is 9.84 Å². The van der Waals surface area contributed by atoms with Crippen molar-refractivity contribution in [3.63, 3.8) is 0 Å². The van der Waals surface area contributed by atoms with E-state index < -0.39 is 18.5 Å². The van der Waals surface area contributed by atoms with Gasteiger partial charge in [-0.1, -0.05) is 6.58 Å². The van der Waals surface area contributed by atoms with E-state index in [9.17, 15) is 9.59 Å². The van der Waals surface area contributed by atoms with E-state index in [1.807, 2.05) is 0 Å². The van der Waals surface area contributed by atoms with Crippen LogP contribution >= 0.6 is 0 Å². The lowest BCUT2D eigenvalue weighted by atomic mass is 10.6. The molecule has 82 valence electrons. The van der Waals surface area contributed by atoms with Gasteiger partial charge in [-0.15, -0.1) is 0 Å². The number of nitrogens with zero attached hydrogens (tertiary/aromatic N) is 1. The molecule has 0 fully saturated rings. The van der Waals surface area contributed by atoms with E-state index in [1.165, 1.54) is 7.05 Å². The third-order valence-electron chi connectivity index (χ3n) is 0.867. The van der Waals surface area contributed by atoms with Gasteiger partial charge in [0.15, 0.2) is 6.61 Å². The highest BCUT2D eigenvalue weighted by Gasteiger charge is 2.05. The summed E-state index contributed by atoms with van der Waals surface area (Å²) >= 11 is 0. The van der Waals surface area contributed by atoms with Gasteiger partial charge in [-0.25, -0.2) is 9.86 Å². The Morgan fingerprint density at radius 3 is 2.21 bits per heavy atom. The zero-order chi connectivity index (χ0) is 11.6. The van der Waals surface area contributed by atoms with Crippen LogP contribution in [0.5, 0.6) is 0 Å². The van der Waals surface area contributed by atoms with Crippen molar-refractivity contribution >= 4 is 11.9 Å². The number of carboxylic acid groups (broad SMARTS) is 1. The fourth-order valence-electron chi connectivity index (χ4n) is 0.344. The molecular weight excluding hydrogens is 190 g/mol. The average Bonchev–Trinajstić information content (AvgIpc) is 2.14. The fourth-order valence-corrected chi connectivity index (χ4v) is 0.344. The van der Waals surface area contributed by atoms with Crippen LogP contribution in [0.25, 0.3) is 0 Å². The highest BCUT2D eigenvalue weighted by atomic mass is 16.7. The third kappa shape index (κ3) is 10.6. The number of carbonyl (C=O) groups excluding carboxylic acids is 1. The molecule has 0 rings (SSSR count). The number of likely N-dealkylation sites (N-methyl/N-ethyl adjacent to an activating group) is 1. The van der Waals surface area contributed by atoms with Crippen LogP contribution in [0.15, 0.2) is 12.7 Å². The minimum Gasteiger partial charge on any atom is -0.479 e. The van der Waals surface area contributed by atoms with Crippen molar-refractivity contribution in [1.29, 1.82) is 0 Å². The second kappa shape index (κ2) is 9.69. The van der Waals surface area contributed by atoms with Gasteiger partial charge in [-0.2, -0.15) is 0 Å². The van der Waals surface area contributed by atoms with Crippen molar-refractivity contribution < 1.29 is 24.3 Å². The molecule has 0 aromatic rings. The first-order valence-electron chi connectivity index (χ1n) is 3.64. The normalized spacial score (nSPS) is 8.21. The summed E-state index contributed by atoms with van der Waals surface area (Å²) in [6, 6.07) is 0. The summed E-state index contributed by atoms with van der Waals surface area (Å²) in [5.74, 6) is -1.61. The van der Waals surface area contributed by atoms with Crippen LogP contribution < -0.4 is 0 Å². The average molecular weight is 205 g/mol. The van der Waals surface area contributed by atoms with Gasteiger partial charge in [0, 0.05) is 21.3 Å². The number of hydrogen-bond donors (Lipinski definition) is 1. The van der Waals surface area contributed by atoms with Crippen molar-refractivity contribution in [3.05, 3.63) is 12.7 Å². The summed E-state index contributed by atoms with van der Waals surface area (Å²) in [6.45, 7) is 2.66. The molecule has 0 atom stereocenters. The first-order valence-corrected chi connectivity index (χ1v) is 3.64. The maximum atomic E-state index is 10.6. The van der Waals surface area contributed by atoms with Gasteiger partial charge in [-0.3, -0.25) is 9.63 Å². The molecule has 14 heavy (non-hydrogen) atoms. The number of ether oxygens (including phenoxy) is 1. The minimum absolute atomic E-state index is 0.480. The molecule has 1 amide bonds. The second-order valence-electron chi connectivity index (χ2n) is 2.12. The van der Waals surface area contributed by atoms with Crippen LogP contribution in [-0.2, 0) is 19.2 Å². The quantitative estimate of drug-likeness (QED) is 0.512. The molecule has 0 aliphatic rings. The first kappa shape index (κ1) is 15.1. The SMILES string of the molecule is C=CC(=O)N(C)OCC(=O)O.COC. The number of rotatable bonds is 4. The predicted molar refractivity (Wildman–Crippen MR) is 49.5 cm³/mol. The maximum absolute atomic E-state index is 10.6. The molecule has 0 bridgehead atoms. The van der Waals surface area contributed by atoms with E-state index in [-0.39, 0.29) is 0 Å². The van der Waals surface area contributed by atoms with Crippen LogP contribution in [0.4, 0.5) is 0 Å². The summed E-state index contributed by atoms with van der Waals surface area (Å²) in [5.41, 5.74) is 0. The van der Waals surface area contributed by atoms with Crippen LogP contribution in [0.1, 0.15) is 0 Å². The summed E-state index contributed by atoms with van der Waals surface area (Å²) in [4.78, 5) is 25.0. The largest absolute Gasteiger partial charge is 0.479 e. The Bertz CT molecular complexity index is 192. The Morgan fingerprint density at radius 1 is 1.50 bits per heavy atom. The van der Waals surface area contributed by atoms with Crippen molar-refractivity contribution in [1.82, 2.24) is 5.06 Å². The van der Waals surface area contributed by atoms with Crippen LogP contribution in [-0.4, -0.2) is 49.9 Å². The number of hydrogen-bond acceptors (Lipinski definition) is 4. The molecule has 0 heterocycles. The Balaban J connectivity index is 0. The summed E-state index contributed by atoms with van der Waals surface area (Å²) in [7, 11) is 4.56. The molecule has 0 aliphatic carbocycles. The Kier molecular flexibility index (Phi) is 10.4. The van der Waals surface area contributed by atoms with Crippen LogP contribution in [0.3, 0.4) is 0 Å². The van der Waals surface area contributed by atoms with Gasteiger partial charge in [0.1, 0.15) is 0 Å². The Hall–Kier alpha value is -1.40. The smallest absolute Gasteiger partial charge is 0.332 e. The monoisotopic (exact) mass is 205 g/mol. The molecule has 0 aliphatic heterocycles. The summed E-state index contributed by atoms with van der Waals surface area (Å²) < 4.78 is 4.25. The standard InChI is InChI=1S/C6H9NO4.C2H6O/c1-3-5(8)7(2)11-4-6(9)10;1-3-2/h3H,1,4H2,2H3,(H,9,10);1-2H3. The summed E-state index contributed by atoms with van der Waals surface area (Å²) in [5, 5.41) is 8.93. The van der Waals surface area contributed by atoms with Gasteiger partial charge in [0.25, 0.3) is 5.91 Å². The number of carbonyl (C=O) groups is 2. The Morgan fingerprint density at radius 2 is 1.93 bits per heavy atom. The van der Waals surface area contributed by atoms with Crippen LogP contribution in [0, 0.1) is 0 Å². The van der Waals surface area contributed by atoms with E-state index in [2.05, 4.69) is 16.2 Å². The zero-order valence-corrected chi connectivity index (χ0v) is 8.52. The fraction of sp³-hybridized carbons (Fsp3) is 0.500. The first-order chi connectivity index (χ1) is 6.49. The van der Waals surface area contributed by atoms with Gasteiger partial charge in [0.05, 0.1) is 0 Å². The van der Waals surface area contributed by atoms with E-state index in [4.69, 9.17) is 5.11 Å². The van der Waals surface area contributed by atoms with Crippen molar-refractivity contribution in [2.45, 2.75) is 0 Å². The number of methoxy groups -OCH3 is 1. The van der Waals surface area contributed by atoms with Crippen molar-refractivity contribution in [3.8, 4) is 0 Å². The number of aliphatic carboxylic acids is 1. The Labute approximate surface area is 82.7 Å². The molecule has 1 N–H and O–H groups in total. The minimum atomic E-state index is -1.13. The number of carboxylic acids is 1. The molecule has 0 saturated heterocycles. The third-order valence-corrected chi connectivity index (χ3v) is 0.867. The molecule has 0 unspecified atom stereocenters. The zero-order valence-electron chi connectivity index (χ0n) is 8.52. The molecule has 0 aromatic carbocycles. The van der Waals surface area contributed by atoms with E-state index >= 15 is 0 Å². The van der Waals surface area contributed by atoms with Crippen molar-refractivity contribution in [2.75, 3.05) is 27.9 Å². The molecule has 0 radical (unpaired) electrons. The number of hydroxylamine groups is 2. The van der Waals surface area contributed by atoms with E-state index in [0.717, 1.165) is 11.1 Å². The highest BCUT2D eigenvalue weighted by Crippen LogP contribution is 1.86. The maximum Gasteiger partial charge on any atom is 0.332 e. The molecule has 6 heteroatoms. The van der Waals surface area contributed by atoms with Gasteiger partial charge in [-0.05, 0) is 6.08 Å². The highest BCUT2D eigenvalue weighted by molar-refractivity contribution is 5.85. The summed E-state index contributed by atoms with van der Waals surface area (Å²) in [6.07, 6.45) is 1.03. The molecule has 0 aromatic heterocycles. The molecule has 6 nitrogen and oxygen atoms in total. The van der Waals surface area contributed by atoms with Gasteiger partial charge >= 0.3 is 5.97 Å². The van der Waals surface area contributed by atoms with Gasteiger partial charge in [0.2, 0.25) is 0 Å².